The second-order valence-electron chi connectivity index (χ2n) is 6.52. The van der Waals surface area contributed by atoms with Crippen LogP contribution >= 0.6 is 11.3 Å². The molecule has 134 valence electrons. The van der Waals surface area contributed by atoms with E-state index in [-0.39, 0.29) is 17.7 Å². The molecule has 6 nitrogen and oxygen atoms in total. The molecule has 1 saturated heterocycles. The standard InChI is InChI=1S/C19H19N3O3S/c23-17-5-2-10-22(17)14-8-6-12(7-9-14)18(24)20-21-19(25)16-11-13-3-1-4-15(13)26-16/h6-9,11H,1-5,10H2,(H,20,24)(H,21,25). The largest absolute Gasteiger partial charge is 0.312 e. The third-order valence-electron chi connectivity index (χ3n) is 4.77. The van der Waals surface area contributed by atoms with Gasteiger partial charge in [-0.25, -0.2) is 0 Å². The smallest absolute Gasteiger partial charge is 0.279 e. The first kappa shape index (κ1) is 16.8. The average molecular weight is 369 g/mol. The highest BCUT2D eigenvalue weighted by atomic mass is 32.1. The maximum atomic E-state index is 12.2. The third kappa shape index (κ3) is 3.22. The van der Waals surface area contributed by atoms with E-state index >= 15 is 0 Å². The molecule has 0 saturated carbocycles. The lowest BCUT2D eigenvalue weighted by Gasteiger charge is -2.15. The van der Waals surface area contributed by atoms with Crippen molar-refractivity contribution in [3.63, 3.8) is 0 Å². The number of carbonyl (C=O) groups excluding carboxylic acids is 3. The van der Waals surface area contributed by atoms with Crippen LogP contribution < -0.4 is 15.8 Å². The van der Waals surface area contributed by atoms with E-state index in [9.17, 15) is 14.4 Å². The van der Waals surface area contributed by atoms with Crippen molar-refractivity contribution in [2.45, 2.75) is 32.1 Å². The number of fused-ring (bicyclic) bond motifs is 1. The topological polar surface area (TPSA) is 78.5 Å². The zero-order valence-corrected chi connectivity index (χ0v) is 15.0. The van der Waals surface area contributed by atoms with E-state index < -0.39 is 0 Å². The predicted molar refractivity (Wildman–Crippen MR) is 99.3 cm³/mol. The highest BCUT2D eigenvalue weighted by Gasteiger charge is 2.22. The summed E-state index contributed by atoms with van der Waals surface area (Å²) >= 11 is 1.49. The van der Waals surface area contributed by atoms with Gasteiger partial charge in [0.25, 0.3) is 11.8 Å². The molecule has 3 amide bonds. The fourth-order valence-corrected chi connectivity index (χ4v) is 4.55. The Balaban J connectivity index is 1.35. The lowest BCUT2D eigenvalue weighted by Crippen LogP contribution is -2.41. The lowest BCUT2D eigenvalue weighted by molar-refractivity contribution is -0.117. The van der Waals surface area contributed by atoms with Crippen LogP contribution in [0.25, 0.3) is 0 Å². The summed E-state index contributed by atoms with van der Waals surface area (Å²) in [5.74, 6) is -0.573. The fourth-order valence-electron chi connectivity index (χ4n) is 3.40. The molecule has 1 aromatic carbocycles. The van der Waals surface area contributed by atoms with Gasteiger partial charge in [0.15, 0.2) is 0 Å². The molecule has 1 aliphatic heterocycles. The number of hydrogen-bond acceptors (Lipinski definition) is 4. The molecule has 2 aliphatic rings. The monoisotopic (exact) mass is 369 g/mol. The summed E-state index contributed by atoms with van der Waals surface area (Å²) < 4.78 is 0. The summed E-state index contributed by atoms with van der Waals surface area (Å²) in [6.07, 6.45) is 4.64. The van der Waals surface area contributed by atoms with Crippen LogP contribution in [0.5, 0.6) is 0 Å². The minimum atomic E-state index is -0.387. The molecule has 0 radical (unpaired) electrons. The third-order valence-corrected chi connectivity index (χ3v) is 6.01. The van der Waals surface area contributed by atoms with Crippen molar-refractivity contribution < 1.29 is 14.4 Å². The molecule has 7 heteroatoms. The van der Waals surface area contributed by atoms with Crippen molar-refractivity contribution in [2.75, 3.05) is 11.4 Å². The summed E-state index contributed by atoms with van der Waals surface area (Å²) in [7, 11) is 0. The van der Waals surface area contributed by atoms with Gasteiger partial charge in [0.1, 0.15) is 0 Å². The number of thiophene rings is 1. The number of amides is 3. The molecule has 0 bridgehead atoms. The number of rotatable bonds is 3. The molecule has 0 atom stereocenters. The number of hydrazine groups is 1. The van der Waals surface area contributed by atoms with E-state index in [0.717, 1.165) is 31.4 Å². The van der Waals surface area contributed by atoms with Crippen LogP contribution in [0, 0.1) is 0 Å². The molecule has 4 rings (SSSR count). The number of carbonyl (C=O) groups is 3. The Morgan fingerprint density at radius 3 is 2.42 bits per heavy atom. The van der Waals surface area contributed by atoms with E-state index in [2.05, 4.69) is 10.9 Å². The molecule has 2 heterocycles. The normalized spacial score (nSPS) is 15.8. The van der Waals surface area contributed by atoms with Crippen molar-refractivity contribution in [1.29, 1.82) is 0 Å². The molecule has 2 N–H and O–H groups in total. The number of hydrogen-bond donors (Lipinski definition) is 2. The zero-order valence-electron chi connectivity index (χ0n) is 14.2. The summed E-state index contributed by atoms with van der Waals surface area (Å²) in [6.45, 7) is 0.714. The lowest BCUT2D eigenvalue weighted by atomic mass is 10.2. The molecule has 2 aromatic rings. The van der Waals surface area contributed by atoms with Crippen molar-refractivity contribution in [1.82, 2.24) is 10.9 Å². The van der Waals surface area contributed by atoms with Crippen molar-refractivity contribution in [3.05, 3.63) is 51.2 Å². The van der Waals surface area contributed by atoms with Gasteiger partial charge in [-0.1, -0.05) is 0 Å². The van der Waals surface area contributed by atoms with Gasteiger partial charge >= 0.3 is 0 Å². The Morgan fingerprint density at radius 1 is 0.962 bits per heavy atom. The van der Waals surface area contributed by atoms with Crippen molar-refractivity contribution in [2.24, 2.45) is 0 Å². The Kier molecular flexibility index (Phi) is 4.46. The van der Waals surface area contributed by atoms with Crippen LogP contribution in [0.15, 0.2) is 30.3 Å². The summed E-state index contributed by atoms with van der Waals surface area (Å²) in [6, 6.07) is 8.73. The van der Waals surface area contributed by atoms with Gasteiger partial charge < -0.3 is 4.90 Å². The van der Waals surface area contributed by atoms with Crippen LogP contribution in [-0.4, -0.2) is 24.3 Å². The molecular formula is C19H19N3O3S. The van der Waals surface area contributed by atoms with E-state index in [1.807, 2.05) is 6.07 Å². The molecule has 1 fully saturated rings. The second kappa shape index (κ2) is 6.92. The zero-order chi connectivity index (χ0) is 18.1. The SMILES string of the molecule is O=C(NNC(=O)c1cc2c(s1)CCC2)c1ccc(N2CCCC2=O)cc1. The fraction of sp³-hybridized carbons (Fsp3) is 0.316. The first-order valence-electron chi connectivity index (χ1n) is 8.74. The number of aryl methyl sites for hydroxylation is 2. The number of benzene rings is 1. The van der Waals surface area contributed by atoms with Crippen molar-refractivity contribution >= 4 is 34.7 Å². The summed E-state index contributed by atoms with van der Waals surface area (Å²) in [5, 5.41) is 0. The highest BCUT2D eigenvalue weighted by Crippen LogP contribution is 2.30. The predicted octanol–water partition coefficient (Wildman–Crippen LogP) is 2.44. The minimum absolute atomic E-state index is 0.109. The first-order valence-corrected chi connectivity index (χ1v) is 9.56. The Labute approximate surface area is 155 Å². The van der Waals surface area contributed by atoms with Gasteiger partial charge in [-0.15, -0.1) is 11.3 Å². The molecule has 1 aliphatic carbocycles. The Morgan fingerprint density at radius 2 is 1.73 bits per heavy atom. The quantitative estimate of drug-likeness (QED) is 0.816. The van der Waals surface area contributed by atoms with Crippen LogP contribution in [0.1, 0.15) is 49.7 Å². The highest BCUT2D eigenvalue weighted by molar-refractivity contribution is 7.14. The number of anilines is 1. The van der Waals surface area contributed by atoms with Gasteiger partial charge in [-0.3, -0.25) is 25.2 Å². The number of nitrogens with one attached hydrogen (secondary N) is 2. The van der Waals surface area contributed by atoms with Crippen LogP contribution in [-0.2, 0) is 17.6 Å². The van der Waals surface area contributed by atoms with Crippen LogP contribution in [0.4, 0.5) is 5.69 Å². The maximum Gasteiger partial charge on any atom is 0.279 e. The van der Waals surface area contributed by atoms with Crippen molar-refractivity contribution in [3.8, 4) is 0 Å². The summed E-state index contributed by atoms with van der Waals surface area (Å²) in [4.78, 5) is 39.8. The molecule has 1 aromatic heterocycles. The molecule has 0 unspecified atom stereocenters. The second-order valence-corrected chi connectivity index (χ2v) is 7.65. The maximum absolute atomic E-state index is 12.2. The van der Waals surface area contributed by atoms with Gasteiger partial charge in [0, 0.05) is 29.1 Å². The van der Waals surface area contributed by atoms with Crippen LogP contribution in [0.2, 0.25) is 0 Å². The van der Waals surface area contributed by atoms with Gasteiger partial charge in [0.05, 0.1) is 4.88 Å². The van der Waals surface area contributed by atoms with E-state index in [1.54, 1.807) is 29.2 Å². The van der Waals surface area contributed by atoms with Gasteiger partial charge in [-0.2, -0.15) is 0 Å². The average Bonchev–Trinajstić information content (AvgIpc) is 3.35. The van der Waals surface area contributed by atoms with Gasteiger partial charge in [0.2, 0.25) is 5.91 Å². The molecule has 26 heavy (non-hydrogen) atoms. The summed E-state index contributed by atoms with van der Waals surface area (Å²) in [5.41, 5.74) is 7.38. The molecule has 0 spiro atoms. The Hall–Kier alpha value is -2.67. The first-order chi connectivity index (χ1) is 12.6. The van der Waals surface area contributed by atoms with E-state index in [4.69, 9.17) is 0 Å². The Bertz CT molecular complexity index is 851. The van der Waals surface area contributed by atoms with Crippen LogP contribution in [0.3, 0.4) is 0 Å². The van der Waals surface area contributed by atoms with E-state index in [0.29, 0.717) is 23.4 Å². The molecular weight excluding hydrogens is 350 g/mol. The van der Waals surface area contributed by atoms with E-state index in [1.165, 1.54) is 21.8 Å². The van der Waals surface area contributed by atoms with Gasteiger partial charge in [-0.05, 0) is 61.6 Å². The number of nitrogens with zero attached hydrogens (tertiary/aromatic N) is 1. The minimum Gasteiger partial charge on any atom is -0.312 e.